The van der Waals surface area contributed by atoms with Crippen molar-refractivity contribution in [2.24, 2.45) is 0 Å². The highest BCUT2D eigenvalue weighted by Crippen LogP contribution is 2.39. The van der Waals surface area contributed by atoms with Crippen LogP contribution in [0.25, 0.3) is 6.08 Å². The summed E-state index contributed by atoms with van der Waals surface area (Å²) in [6.07, 6.45) is 1.50. The average molecular weight is 664 g/mol. The molecule has 0 bridgehead atoms. The Morgan fingerprint density at radius 3 is 2.51 bits per heavy atom. The van der Waals surface area contributed by atoms with E-state index in [1.54, 1.807) is 24.3 Å². The number of halogens is 3. The van der Waals surface area contributed by atoms with Crippen LogP contribution in [-0.4, -0.2) is 48.7 Å². The molecule has 3 amide bonds. The molecule has 1 heterocycles. The van der Waals surface area contributed by atoms with E-state index < -0.39 is 29.6 Å². The molecule has 4 rings (SSSR count). The fourth-order valence-electron chi connectivity index (χ4n) is 3.70. The summed E-state index contributed by atoms with van der Waals surface area (Å²) >= 11 is 10.1. The fraction of sp³-hybridized carbons (Fsp3) is 0.143. The molecule has 3 aromatic rings. The van der Waals surface area contributed by atoms with Crippen LogP contribution in [0.1, 0.15) is 21.5 Å². The van der Waals surface area contributed by atoms with Crippen LogP contribution < -0.4 is 14.8 Å². The molecule has 41 heavy (non-hydrogen) atoms. The first kappa shape index (κ1) is 30.1. The van der Waals surface area contributed by atoms with Gasteiger partial charge in [-0.05, 0) is 87.4 Å². The first-order valence-electron chi connectivity index (χ1n) is 11.8. The van der Waals surface area contributed by atoms with E-state index in [0.717, 1.165) is 10.5 Å². The van der Waals surface area contributed by atoms with Crippen molar-refractivity contribution in [2.75, 3.05) is 26.1 Å². The average Bonchev–Trinajstić information content (AvgIpc) is 3.20. The molecule has 0 aromatic heterocycles. The van der Waals surface area contributed by atoms with Crippen LogP contribution in [0.3, 0.4) is 0 Å². The molecule has 3 aromatic carbocycles. The number of ether oxygens (including phenoxy) is 3. The third-order valence-corrected chi connectivity index (χ3v) is 7.50. The Morgan fingerprint density at radius 2 is 1.83 bits per heavy atom. The Hall–Kier alpha value is -3.87. The van der Waals surface area contributed by atoms with Gasteiger partial charge in [0.1, 0.15) is 19.0 Å². The number of benzene rings is 3. The molecule has 9 nitrogen and oxygen atoms in total. The molecule has 212 valence electrons. The van der Waals surface area contributed by atoms with Gasteiger partial charge < -0.3 is 19.5 Å². The van der Waals surface area contributed by atoms with E-state index >= 15 is 0 Å². The van der Waals surface area contributed by atoms with Crippen molar-refractivity contribution in [3.63, 3.8) is 0 Å². The zero-order valence-electron chi connectivity index (χ0n) is 21.5. The van der Waals surface area contributed by atoms with Gasteiger partial charge in [0.05, 0.1) is 34.2 Å². The second-order valence-electron chi connectivity index (χ2n) is 8.45. The summed E-state index contributed by atoms with van der Waals surface area (Å²) in [4.78, 5) is 51.0. The zero-order valence-corrected chi connectivity index (χ0v) is 24.7. The second-order valence-corrected chi connectivity index (χ2v) is 10.7. The molecule has 1 saturated heterocycles. The molecule has 0 saturated carbocycles. The highest BCUT2D eigenvalue weighted by Gasteiger charge is 2.36. The van der Waals surface area contributed by atoms with Crippen LogP contribution in [0, 0.1) is 5.82 Å². The maximum absolute atomic E-state index is 13.2. The van der Waals surface area contributed by atoms with E-state index in [9.17, 15) is 23.6 Å². The summed E-state index contributed by atoms with van der Waals surface area (Å²) < 4.78 is 29.7. The number of imide groups is 1. The summed E-state index contributed by atoms with van der Waals surface area (Å²) in [5.74, 6) is -1.57. The van der Waals surface area contributed by atoms with Gasteiger partial charge in [0.15, 0.2) is 11.5 Å². The number of hydrogen-bond donors (Lipinski definition) is 1. The number of thioether (sulfide) groups is 1. The van der Waals surface area contributed by atoms with Gasteiger partial charge in [-0.2, -0.15) is 0 Å². The number of esters is 1. The maximum atomic E-state index is 13.2. The number of carbonyl (C=O) groups is 4. The van der Waals surface area contributed by atoms with Gasteiger partial charge in [0.25, 0.3) is 11.1 Å². The quantitative estimate of drug-likeness (QED) is 0.210. The molecule has 1 fully saturated rings. The number of hydrogen-bond acceptors (Lipinski definition) is 8. The Bertz CT molecular complexity index is 1570. The summed E-state index contributed by atoms with van der Waals surface area (Å²) in [7, 11) is 2.65. The molecule has 0 unspecified atom stereocenters. The minimum atomic E-state index is -0.682. The summed E-state index contributed by atoms with van der Waals surface area (Å²) in [5, 5.41) is 2.06. The second kappa shape index (κ2) is 13.2. The molecule has 0 radical (unpaired) electrons. The minimum absolute atomic E-state index is 0.0505. The van der Waals surface area contributed by atoms with E-state index in [0.29, 0.717) is 33.3 Å². The van der Waals surface area contributed by atoms with Crippen molar-refractivity contribution < 1.29 is 37.8 Å². The Kier molecular flexibility index (Phi) is 9.69. The van der Waals surface area contributed by atoms with Crippen LogP contribution in [0.15, 0.2) is 64.0 Å². The largest absolute Gasteiger partial charge is 0.493 e. The predicted octanol–water partition coefficient (Wildman–Crippen LogP) is 6.29. The van der Waals surface area contributed by atoms with Crippen molar-refractivity contribution in [3.8, 4) is 11.5 Å². The first-order chi connectivity index (χ1) is 19.6. The van der Waals surface area contributed by atoms with Crippen molar-refractivity contribution in [2.45, 2.75) is 6.61 Å². The number of methoxy groups -OCH3 is 2. The lowest BCUT2D eigenvalue weighted by Crippen LogP contribution is -2.36. The third-order valence-electron chi connectivity index (χ3n) is 5.68. The van der Waals surface area contributed by atoms with Gasteiger partial charge in [0, 0.05) is 5.69 Å². The SMILES string of the molecule is COC(=O)c1cc(NC(=O)CN2C(=O)S/C(=C/c3cc(Br)c(OCc4ccc(F)cc4)c(OC)c3)C2=O)ccc1Cl. The van der Waals surface area contributed by atoms with Gasteiger partial charge in [-0.1, -0.05) is 23.7 Å². The number of amides is 3. The Morgan fingerprint density at radius 1 is 1.10 bits per heavy atom. The molecule has 0 atom stereocenters. The molecule has 1 aliphatic heterocycles. The van der Waals surface area contributed by atoms with Gasteiger partial charge in [-0.25, -0.2) is 9.18 Å². The maximum Gasteiger partial charge on any atom is 0.339 e. The van der Waals surface area contributed by atoms with Crippen LogP contribution in [0.5, 0.6) is 11.5 Å². The number of anilines is 1. The standard InChI is InChI=1S/C28H21BrClFN2O7S/c1-38-22-10-16(9-20(29)25(22)40-14-15-3-5-17(31)6-4-15)11-23-26(35)33(28(37)41-23)13-24(34)32-18-7-8-21(30)19(12-18)27(36)39-2/h3-12H,13-14H2,1-2H3,(H,32,34)/b23-11+. The summed E-state index contributed by atoms with van der Waals surface area (Å²) in [5.41, 5.74) is 1.58. The van der Waals surface area contributed by atoms with Crippen molar-refractivity contribution in [3.05, 3.63) is 91.5 Å². The first-order valence-corrected chi connectivity index (χ1v) is 13.8. The number of nitrogens with zero attached hydrogens (tertiary/aromatic N) is 1. The smallest absolute Gasteiger partial charge is 0.339 e. The predicted molar refractivity (Wildman–Crippen MR) is 156 cm³/mol. The fourth-order valence-corrected chi connectivity index (χ4v) is 5.31. The lowest BCUT2D eigenvalue weighted by atomic mass is 10.1. The van der Waals surface area contributed by atoms with E-state index in [-0.39, 0.29) is 33.6 Å². The van der Waals surface area contributed by atoms with Crippen molar-refractivity contribution >= 4 is 74.1 Å². The van der Waals surface area contributed by atoms with Crippen LogP contribution >= 0.6 is 39.3 Å². The zero-order chi connectivity index (χ0) is 29.7. The molecule has 1 aliphatic rings. The van der Waals surface area contributed by atoms with E-state index in [1.807, 2.05) is 0 Å². The number of carbonyl (C=O) groups excluding carboxylic acids is 4. The van der Waals surface area contributed by atoms with Crippen LogP contribution in [0.2, 0.25) is 5.02 Å². The summed E-state index contributed by atoms with van der Waals surface area (Å²) in [6.45, 7) is -0.378. The molecule has 0 aliphatic carbocycles. The van der Waals surface area contributed by atoms with Crippen LogP contribution in [0.4, 0.5) is 14.9 Å². The van der Waals surface area contributed by atoms with Crippen LogP contribution in [-0.2, 0) is 20.9 Å². The number of rotatable bonds is 9. The van der Waals surface area contributed by atoms with Gasteiger partial charge in [0.2, 0.25) is 5.91 Å². The van der Waals surface area contributed by atoms with Crippen molar-refractivity contribution in [1.29, 1.82) is 0 Å². The molecular formula is C28H21BrClFN2O7S. The Labute approximate surface area is 251 Å². The van der Waals surface area contributed by atoms with Crippen molar-refractivity contribution in [1.82, 2.24) is 4.90 Å². The molecular weight excluding hydrogens is 643 g/mol. The summed E-state index contributed by atoms with van der Waals surface area (Å²) in [6, 6.07) is 13.4. The van der Waals surface area contributed by atoms with Gasteiger partial charge in [-0.3, -0.25) is 19.3 Å². The number of nitrogens with one attached hydrogen (secondary N) is 1. The van der Waals surface area contributed by atoms with E-state index in [4.69, 9.17) is 21.1 Å². The highest BCUT2D eigenvalue weighted by molar-refractivity contribution is 9.10. The van der Waals surface area contributed by atoms with Gasteiger partial charge in [-0.15, -0.1) is 0 Å². The highest BCUT2D eigenvalue weighted by atomic mass is 79.9. The lowest BCUT2D eigenvalue weighted by Gasteiger charge is -2.14. The van der Waals surface area contributed by atoms with E-state index in [1.165, 1.54) is 50.6 Å². The lowest BCUT2D eigenvalue weighted by molar-refractivity contribution is -0.127. The molecule has 1 N–H and O–H groups in total. The normalized spacial score (nSPS) is 13.9. The van der Waals surface area contributed by atoms with E-state index in [2.05, 4.69) is 26.0 Å². The topological polar surface area (TPSA) is 111 Å². The monoisotopic (exact) mass is 662 g/mol. The minimum Gasteiger partial charge on any atom is -0.493 e. The third kappa shape index (κ3) is 7.26. The molecule has 0 spiro atoms. The van der Waals surface area contributed by atoms with Gasteiger partial charge >= 0.3 is 5.97 Å². The Balaban J connectivity index is 1.45. The molecule has 13 heteroatoms.